The van der Waals surface area contributed by atoms with Crippen molar-refractivity contribution in [3.63, 3.8) is 0 Å². The minimum Gasteiger partial charge on any atom is -0.447 e. The number of piperazine rings is 1. The topological polar surface area (TPSA) is 91.7 Å². The molecular formula is C21H23N7O2. The number of para-hydroxylation sites is 1. The summed E-state index contributed by atoms with van der Waals surface area (Å²) < 4.78 is 7.08. The van der Waals surface area contributed by atoms with Gasteiger partial charge in [-0.15, -0.1) is 0 Å². The van der Waals surface area contributed by atoms with Crippen molar-refractivity contribution in [3.8, 4) is 11.1 Å². The fourth-order valence-electron chi connectivity index (χ4n) is 3.80. The van der Waals surface area contributed by atoms with Crippen LogP contribution >= 0.6 is 0 Å². The van der Waals surface area contributed by atoms with Crippen molar-refractivity contribution in [1.82, 2.24) is 29.5 Å². The van der Waals surface area contributed by atoms with Crippen molar-refractivity contribution in [2.45, 2.75) is 20.0 Å². The zero-order chi connectivity index (χ0) is 20.7. The van der Waals surface area contributed by atoms with Gasteiger partial charge < -0.3 is 19.5 Å². The first-order valence-corrected chi connectivity index (χ1v) is 10.1. The summed E-state index contributed by atoms with van der Waals surface area (Å²) in [5.41, 5.74) is 4.59. The average Bonchev–Trinajstić information content (AvgIpc) is 3.39. The predicted octanol–water partition coefficient (Wildman–Crippen LogP) is 2.94. The number of nitrogens with one attached hydrogen (secondary N) is 1. The van der Waals surface area contributed by atoms with Crippen LogP contribution in [0.2, 0.25) is 0 Å². The van der Waals surface area contributed by atoms with Crippen molar-refractivity contribution < 1.29 is 9.53 Å². The number of aromatic nitrogens is 5. The van der Waals surface area contributed by atoms with E-state index in [1.165, 1.54) is 0 Å². The van der Waals surface area contributed by atoms with Gasteiger partial charge in [-0.25, -0.2) is 19.3 Å². The number of rotatable bonds is 3. The lowest BCUT2D eigenvalue weighted by Crippen LogP contribution is -2.49. The van der Waals surface area contributed by atoms with Gasteiger partial charge >= 0.3 is 6.09 Å². The number of carbonyl (C=O) groups excluding carboxylic acids is 1. The van der Waals surface area contributed by atoms with Crippen LogP contribution in [0.25, 0.3) is 27.8 Å². The smallest absolute Gasteiger partial charge is 0.410 e. The maximum absolute atomic E-state index is 12.1. The quantitative estimate of drug-likeness (QED) is 0.563. The summed E-state index contributed by atoms with van der Waals surface area (Å²) >= 11 is 0. The first kappa shape index (κ1) is 18.4. The average molecular weight is 405 g/mol. The maximum atomic E-state index is 12.1. The fourth-order valence-corrected chi connectivity index (χ4v) is 3.80. The monoisotopic (exact) mass is 405 g/mol. The summed E-state index contributed by atoms with van der Waals surface area (Å²) in [5, 5.41) is 4.46. The van der Waals surface area contributed by atoms with Crippen LogP contribution < -0.4 is 4.90 Å². The molecular weight excluding hydrogens is 382 g/mol. The molecule has 154 valence electrons. The fraction of sp³-hybridized carbons (Fsp3) is 0.333. The second-order valence-corrected chi connectivity index (χ2v) is 7.62. The second kappa shape index (κ2) is 7.33. The van der Waals surface area contributed by atoms with Crippen molar-refractivity contribution in [1.29, 1.82) is 0 Å². The number of carbonyl (C=O) groups is 1. The highest BCUT2D eigenvalue weighted by atomic mass is 16.6. The van der Waals surface area contributed by atoms with E-state index in [4.69, 9.17) is 9.72 Å². The predicted molar refractivity (Wildman–Crippen MR) is 113 cm³/mol. The highest BCUT2D eigenvalue weighted by Gasteiger charge is 2.24. The molecule has 1 aliphatic rings. The molecule has 9 nitrogen and oxygen atoms in total. The van der Waals surface area contributed by atoms with Gasteiger partial charge in [-0.2, -0.15) is 5.10 Å². The number of benzene rings is 1. The van der Waals surface area contributed by atoms with Crippen LogP contribution in [0.5, 0.6) is 0 Å². The second-order valence-electron chi connectivity index (χ2n) is 7.62. The number of aromatic amines is 1. The Morgan fingerprint density at radius 2 is 1.97 bits per heavy atom. The lowest BCUT2D eigenvalue weighted by atomic mass is 10.1. The lowest BCUT2D eigenvalue weighted by molar-refractivity contribution is 0.0751. The molecule has 30 heavy (non-hydrogen) atoms. The third-order valence-electron chi connectivity index (χ3n) is 5.29. The Morgan fingerprint density at radius 3 is 2.77 bits per heavy atom. The minimum absolute atomic E-state index is 0.112. The van der Waals surface area contributed by atoms with E-state index < -0.39 is 0 Å². The van der Waals surface area contributed by atoms with Gasteiger partial charge in [0.1, 0.15) is 5.82 Å². The molecule has 1 amide bonds. The standard InChI is InChI=1S/C21H23N7O2/c1-14(2)30-21(29)27-10-8-26(9-11-27)18-6-7-28-20(25-18)16(12-24-28)15-4-3-5-17-19(15)23-13-22-17/h3-7,12-14H,8-11H2,1-2H3,(H,22,23). The van der Waals surface area contributed by atoms with Gasteiger partial charge in [-0.1, -0.05) is 12.1 Å². The molecule has 0 unspecified atom stereocenters. The molecule has 1 fully saturated rings. The van der Waals surface area contributed by atoms with Gasteiger partial charge in [-0.3, -0.25) is 0 Å². The Hall–Kier alpha value is -3.62. The molecule has 1 saturated heterocycles. The number of ether oxygens (including phenoxy) is 1. The van der Waals surface area contributed by atoms with Gasteiger partial charge in [0.15, 0.2) is 5.65 Å². The summed E-state index contributed by atoms with van der Waals surface area (Å²) in [7, 11) is 0. The molecule has 0 spiro atoms. The lowest BCUT2D eigenvalue weighted by Gasteiger charge is -2.35. The number of nitrogens with zero attached hydrogens (tertiary/aromatic N) is 6. The molecule has 1 N–H and O–H groups in total. The highest BCUT2D eigenvalue weighted by molar-refractivity contribution is 5.95. The number of fused-ring (bicyclic) bond motifs is 2. The third kappa shape index (κ3) is 3.22. The normalized spacial score (nSPS) is 14.8. The van der Waals surface area contributed by atoms with Crippen molar-refractivity contribution in [2.24, 2.45) is 0 Å². The van der Waals surface area contributed by atoms with E-state index >= 15 is 0 Å². The van der Waals surface area contributed by atoms with Gasteiger partial charge in [0.2, 0.25) is 0 Å². The molecule has 3 aromatic heterocycles. The zero-order valence-electron chi connectivity index (χ0n) is 16.9. The van der Waals surface area contributed by atoms with Crippen LogP contribution in [0, 0.1) is 0 Å². The van der Waals surface area contributed by atoms with E-state index in [1.807, 2.05) is 50.5 Å². The summed E-state index contributed by atoms with van der Waals surface area (Å²) in [6, 6.07) is 7.99. The van der Waals surface area contributed by atoms with Gasteiger partial charge in [0.05, 0.1) is 29.7 Å². The van der Waals surface area contributed by atoms with Gasteiger partial charge in [-0.05, 0) is 26.0 Å². The van der Waals surface area contributed by atoms with E-state index in [9.17, 15) is 4.79 Å². The summed E-state index contributed by atoms with van der Waals surface area (Å²) in [5.74, 6) is 0.871. The molecule has 9 heteroatoms. The molecule has 0 radical (unpaired) electrons. The molecule has 4 aromatic rings. The van der Waals surface area contributed by atoms with E-state index in [0.29, 0.717) is 26.2 Å². The van der Waals surface area contributed by atoms with E-state index in [0.717, 1.165) is 33.6 Å². The first-order valence-electron chi connectivity index (χ1n) is 10.1. The van der Waals surface area contributed by atoms with Crippen LogP contribution in [-0.2, 0) is 4.74 Å². The first-order chi connectivity index (χ1) is 14.6. The van der Waals surface area contributed by atoms with Crippen LogP contribution in [0.3, 0.4) is 0 Å². The Kier molecular flexibility index (Phi) is 4.50. The number of imidazole rings is 1. The molecule has 0 bridgehead atoms. The Morgan fingerprint density at radius 1 is 1.13 bits per heavy atom. The largest absolute Gasteiger partial charge is 0.447 e. The summed E-state index contributed by atoms with van der Waals surface area (Å²) in [6.45, 7) is 6.34. The van der Waals surface area contributed by atoms with Crippen molar-refractivity contribution in [2.75, 3.05) is 31.1 Å². The summed E-state index contributed by atoms with van der Waals surface area (Å²) in [6.07, 6.45) is 5.08. The Balaban J connectivity index is 1.42. The van der Waals surface area contributed by atoms with Gasteiger partial charge in [0.25, 0.3) is 0 Å². The van der Waals surface area contributed by atoms with Crippen molar-refractivity contribution in [3.05, 3.63) is 43.0 Å². The van der Waals surface area contributed by atoms with E-state index in [1.54, 1.807) is 15.7 Å². The van der Waals surface area contributed by atoms with Crippen molar-refractivity contribution >= 4 is 28.6 Å². The molecule has 0 aliphatic carbocycles. The number of anilines is 1. The van der Waals surface area contributed by atoms with Crippen LogP contribution in [0.15, 0.2) is 43.0 Å². The van der Waals surface area contributed by atoms with E-state index in [-0.39, 0.29) is 12.2 Å². The molecule has 0 atom stereocenters. The van der Waals surface area contributed by atoms with Gasteiger partial charge in [0, 0.05) is 43.5 Å². The number of H-pyrrole nitrogens is 1. The Bertz CT molecular complexity index is 1200. The van der Waals surface area contributed by atoms with E-state index in [2.05, 4.69) is 20.0 Å². The van der Waals surface area contributed by atoms with Crippen LogP contribution in [-0.4, -0.2) is 67.8 Å². The molecule has 4 heterocycles. The molecule has 1 aliphatic heterocycles. The number of hydrogen-bond acceptors (Lipinski definition) is 6. The third-order valence-corrected chi connectivity index (χ3v) is 5.29. The highest BCUT2D eigenvalue weighted by Crippen LogP contribution is 2.30. The maximum Gasteiger partial charge on any atom is 0.410 e. The van der Waals surface area contributed by atoms with Crippen LogP contribution in [0.1, 0.15) is 13.8 Å². The molecule has 1 aromatic carbocycles. The minimum atomic E-state index is -0.252. The van der Waals surface area contributed by atoms with Crippen LogP contribution in [0.4, 0.5) is 10.6 Å². The Labute approximate surface area is 173 Å². The number of amides is 1. The summed E-state index contributed by atoms with van der Waals surface area (Å²) in [4.78, 5) is 28.6. The molecule has 0 saturated carbocycles. The number of hydrogen-bond donors (Lipinski definition) is 1. The zero-order valence-corrected chi connectivity index (χ0v) is 16.9. The SMILES string of the molecule is CC(C)OC(=O)N1CCN(c2ccn3ncc(-c4cccc5[nH]cnc45)c3n2)CC1. The molecule has 5 rings (SSSR count).